The highest BCUT2D eigenvalue weighted by atomic mass is 35.5. The van der Waals surface area contributed by atoms with Crippen LogP contribution in [-0.4, -0.2) is 18.6 Å². The van der Waals surface area contributed by atoms with Crippen LogP contribution in [0.4, 0.5) is 0 Å². The van der Waals surface area contributed by atoms with Crippen LogP contribution >= 0.6 is 11.6 Å². The molecule has 1 aromatic carbocycles. The molecule has 2 unspecified atom stereocenters. The van der Waals surface area contributed by atoms with E-state index in [9.17, 15) is 0 Å². The van der Waals surface area contributed by atoms with Crippen molar-refractivity contribution in [3.63, 3.8) is 0 Å². The second-order valence-electron chi connectivity index (χ2n) is 3.83. The van der Waals surface area contributed by atoms with Crippen molar-refractivity contribution in [3.05, 3.63) is 35.9 Å². The topological polar surface area (TPSA) is 9.23 Å². The lowest BCUT2D eigenvalue weighted by atomic mass is 9.94. The molecule has 1 aliphatic rings. The third kappa shape index (κ3) is 2.49. The predicted molar refractivity (Wildman–Crippen MR) is 58.7 cm³/mol. The Morgan fingerprint density at radius 3 is 2.79 bits per heavy atom. The number of hydrogen-bond acceptors (Lipinski definition) is 1. The molecule has 0 aliphatic carbocycles. The first-order valence-corrected chi connectivity index (χ1v) is 5.55. The summed E-state index contributed by atoms with van der Waals surface area (Å²) in [5, 5.41) is 0.281. The highest BCUT2D eigenvalue weighted by molar-refractivity contribution is 6.20. The van der Waals surface area contributed by atoms with Crippen LogP contribution in [-0.2, 0) is 11.2 Å². The molecule has 2 heteroatoms. The maximum absolute atomic E-state index is 6.25. The molecular weight excluding hydrogens is 196 g/mol. The largest absolute Gasteiger partial charge is 0.381 e. The van der Waals surface area contributed by atoms with Crippen LogP contribution in [0.15, 0.2) is 30.3 Å². The van der Waals surface area contributed by atoms with Crippen molar-refractivity contribution in [2.45, 2.75) is 18.2 Å². The van der Waals surface area contributed by atoms with Gasteiger partial charge in [0.15, 0.2) is 0 Å². The summed E-state index contributed by atoms with van der Waals surface area (Å²) in [5.41, 5.74) is 1.36. The van der Waals surface area contributed by atoms with E-state index in [-0.39, 0.29) is 5.38 Å². The average molecular weight is 211 g/mol. The molecule has 2 rings (SSSR count). The van der Waals surface area contributed by atoms with Crippen molar-refractivity contribution < 1.29 is 4.74 Å². The molecule has 0 spiro atoms. The molecule has 1 fully saturated rings. The van der Waals surface area contributed by atoms with Crippen LogP contribution in [0.25, 0.3) is 0 Å². The molecule has 0 saturated carbocycles. The van der Waals surface area contributed by atoms with Crippen LogP contribution in [0.3, 0.4) is 0 Å². The number of halogens is 1. The van der Waals surface area contributed by atoms with Crippen LogP contribution in [0, 0.1) is 5.92 Å². The summed E-state index contributed by atoms with van der Waals surface area (Å²) in [6.45, 7) is 1.63. The quantitative estimate of drug-likeness (QED) is 0.683. The summed E-state index contributed by atoms with van der Waals surface area (Å²) in [4.78, 5) is 0. The Hall–Kier alpha value is -0.530. The summed E-state index contributed by atoms with van der Waals surface area (Å²) in [7, 11) is 0. The molecule has 2 atom stereocenters. The molecule has 0 amide bonds. The van der Waals surface area contributed by atoms with Crippen molar-refractivity contribution in [1.82, 2.24) is 0 Å². The Labute approximate surface area is 90.0 Å². The standard InChI is InChI=1S/C12H15ClO/c13-12-6-7-14-9-11(12)8-10-4-2-1-3-5-10/h1-5,11-12H,6-9H2. The van der Waals surface area contributed by atoms with Gasteiger partial charge in [-0.3, -0.25) is 0 Å². The smallest absolute Gasteiger partial charge is 0.0511 e. The van der Waals surface area contributed by atoms with Gasteiger partial charge in [-0.05, 0) is 18.4 Å². The maximum atomic E-state index is 6.25. The Morgan fingerprint density at radius 1 is 1.29 bits per heavy atom. The van der Waals surface area contributed by atoms with E-state index in [0.29, 0.717) is 5.92 Å². The fourth-order valence-electron chi connectivity index (χ4n) is 1.87. The number of alkyl halides is 1. The predicted octanol–water partition coefficient (Wildman–Crippen LogP) is 2.87. The molecule has 1 aromatic rings. The molecule has 1 heterocycles. The third-order valence-electron chi connectivity index (χ3n) is 2.72. The minimum atomic E-state index is 0.281. The van der Waals surface area contributed by atoms with E-state index < -0.39 is 0 Å². The normalized spacial score (nSPS) is 27.5. The molecule has 1 saturated heterocycles. The molecule has 0 aromatic heterocycles. The van der Waals surface area contributed by atoms with Gasteiger partial charge in [0.05, 0.1) is 6.61 Å². The zero-order valence-electron chi connectivity index (χ0n) is 8.16. The summed E-state index contributed by atoms with van der Waals surface area (Å²) in [6, 6.07) is 10.5. The van der Waals surface area contributed by atoms with Gasteiger partial charge in [-0.15, -0.1) is 11.6 Å². The SMILES string of the molecule is ClC1CCOCC1Cc1ccccc1. The second-order valence-corrected chi connectivity index (χ2v) is 4.39. The van der Waals surface area contributed by atoms with E-state index in [0.717, 1.165) is 26.1 Å². The van der Waals surface area contributed by atoms with Crippen LogP contribution in [0.5, 0.6) is 0 Å². The van der Waals surface area contributed by atoms with Crippen LogP contribution in [0.1, 0.15) is 12.0 Å². The fourth-order valence-corrected chi connectivity index (χ4v) is 2.13. The first kappa shape index (κ1) is 10.0. The minimum Gasteiger partial charge on any atom is -0.381 e. The highest BCUT2D eigenvalue weighted by Gasteiger charge is 2.23. The van der Waals surface area contributed by atoms with Gasteiger partial charge < -0.3 is 4.74 Å². The Kier molecular flexibility index (Phi) is 3.44. The Balaban J connectivity index is 1.96. The number of benzene rings is 1. The maximum Gasteiger partial charge on any atom is 0.0511 e. The molecule has 14 heavy (non-hydrogen) atoms. The van der Waals surface area contributed by atoms with E-state index in [2.05, 4.69) is 24.3 Å². The minimum absolute atomic E-state index is 0.281. The first-order valence-electron chi connectivity index (χ1n) is 5.12. The first-order chi connectivity index (χ1) is 6.86. The summed E-state index contributed by atoms with van der Waals surface area (Å²) >= 11 is 6.25. The van der Waals surface area contributed by atoms with Crippen LogP contribution < -0.4 is 0 Å². The average Bonchev–Trinajstić information content (AvgIpc) is 2.23. The van der Waals surface area contributed by atoms with Gasteiger partial charge in [0.25, 0.3) is 0 Å². The highest BCUT2D eigenvalue weighted by Crippen LogP contribution is 2.23. The van der Waals surface area contributed by atoms with Crippen molar-refractivity contribution >= 4 is 11.6 Å². The van der Waals surface area contributed by atoms with E-state index in [1.54, 1.807) is 0 Å². The van der Waals surface area contributed by atoms with Crippen molar-refractivity contribution in [2.75, 3.05) is 13.2 Å². The zero-order valence-corrected chi connectivity index (χ0v) is 8.91. The Bertz CT molecular complexity index is 273. The fraction of sp³-hybridized carbons (Fsp3) is 0.500. The molecule has 1 nitrogen and oxygen atoms in total. The van der Waals surface area contributed by atoms with Gasteiger partial charge >= 0.3 is 0 Å². The van der Waals surface area contributed by atoms with Gasteiger partial charge in [-0.1, -0.05) is 30.3 Å². The number of ether oxygens (including phenoxy) is 1. The van der Waals surface area contributed by atoms with Crippen LogP contribution in [0.2, 0.25) is 0 Å². The van der Waals surface area contributed by atoms with Crippen molar-refractivity contribution in [3.8, 4) is 0 Å². The van der Waals surface area contributed by atoms with Gasteiger partial charge in [-0.2, -0.15) is 0 Å². The molecule has 0 N–H and O–H groups in total. The number of hydrogen-bond donors (Lipinski definition) is 0. The van der Waals surface area contributed by atoms with Gasteiger partial charge in [0.2, 0.25) is 0 Å². The van der Waals surface area contributed by atoms with E-state index in [4.69, 9.17) is 16.3 Å². The third-order valence-corrected chi connectivity index (χ3v) is 3.30. The molecular formula is C12H15ClO. The Morgan fingerprint density at radius 2 is 2.07 bits per heavy atom. The lowest BCUT2D eigenvalue weighted by Gasteiger charge is -2.27. The van der Waals surface area contributed by atoms with E-state index in [1.165, 1.54) is 5.56 Å². The summed E-state index contributed by atoms with van der Waals surface area (Å²) in [6.07, 6.45) is 2.02. The van der Waals surface area contributed by atoms with Crippen molar-refractivity contribution in [2.24, 2.45) is 5.92 Å². The lowest BCUT2D eigenvalue weighted by molar-refractivity contribution is 0.0578. The summed E-state index contributed by atoms with van der Waals surface area (Å²) < 4.78 is 5.44. The molecule has 76 valence electrons. The van der Waals surface area contributed by atoms with Gasteiger partial charge in [0, 0.05) is 17.9 Å². The summed E-state index contributed by atoms with van der Waals surface area (Å²) in [5.74, 6) is 0.479. The zero-order chi connectivity index (χ0) is 9.80. The van der Waals surface area contributed by atoms with Crippen molar-refractivity contribution in [1.29, 1.82) is 0 Å². The van der Waals surface area contributed by atoms with E-state index >= 15 is 0 Å². The molecule has 0 radical (unpaired) electrons. The number of rotatable bonds is 2. The monoisotopic (exact) mass is 210 g/mol. The molecule has 1 aliphatic heterocycles. The molecule has 0 bridgehead atoms. The van der Waals surface area contributed by atoms with Gasteiger partial charge in [-0.25, -0.2) is 0 Å². The lowest BCUT2D eigenvalue weighted by Crippen LogP contribution is -2.29. The van der Waals surface area contributed by atoms with Gasteiger partial charge in [0.1, 0.15) is 0 Å². The van der Waals surface area contributed by atoms with E-state index in [1.807, 2.05) is 6.07 Å². The second kappa shape index (κ2) is 4.81.